The van der Waals surface area contributed by atoms with Gasteiger partial charge in [-0.2, -0.15) is 0 Å². The molecule has 0 aliphatic carbocycles. The highest BCUT2D eigenvalue weighted by Gasteiger charge is 2.23. The highest BCUT2D eigenvalue weighted by atomic mass is 32.1. The molecule has 3 heteroatoms. The van der Waals surface area contributed by atoms with Crippen molar-refractivity contribution in [2.45, 2.75) is 0 Å². The SMILES string of the molecule is c1ccc(-c2ccc(-n3c4ccc(N(c5ccccc5)c5cccc6ccccc56)cc4c4c5ccccc5c5c6ccccc6sc5c43)cc2)cc1. The van der Waals surface area contributed by atoms with Crippen molar-refractivity contribution < 1.29 is 0 Å². The zero-order valence-electron chi connectivity index (χ0n) is 28.8. The van der Waals surface area contributed by atoms with Gasteiger partial charge in [-0.1, -0.05) is 140 Å². The number of benzene rings is 9. The van der Waals surface area contributed by atoms with Crippen molar-refractivity contribution in [1.82, 2.24) is 4.57 Å². The summed E-state index contributed by atoms with van der Waals surface area (Å²) in [7, 11) is 0. The van der Waals surface area contributed by atoms with Gasteiger partial charge in [0, 0.05) is 48.7 Å². The van der Waals surface area contributed by atoms with Crippen LogP contribution in [0.3, 0.4) is 0 Å². The summed E-state index contributed by atoms with van der Waals surface area (Å²) in [5, 5.41) is 10.2. The molecule has 0 saturated heterocycles. The van der Waals surface area contributed by atoms with Gasteiger partial charge in [0.05, 0.1) is 21.4 Å². The molecule has 0 radical (unpaired) electrons. The lowest BCUT2D eigenvalue weighted by atomic mass is 9.98. The molecule has 0 aliphatic heterocycles. The molecule has 11 aromatic rings. The maximum atomic E-state index is 2.51. The standard InChI is InChI=1S/C50H32N2S/c1-3-14-33(15-4-1)34-26-28-37(29-27-34)52-45-31-30-38(51(36-18-5-2-6-19-36)44-24-13-17-35-16-7-8-20-39(35)44)32-43(45)47-40-21-9-10-22-41(40)48-42-23-11-12-25-46(42)53-50(48)49(47)52/h1-32H. The third-order valence-electron chi connectivity index (χ3n) is 10.7. The van der Waals surface area contributed by atoms with Gasteiger partial charge in [-0.05, 0) is 81.9 Å². The summed E-state index contributed by atoms with van der Waals surface area (Å²) in [5.74, 6) is 0. The number of rotatable bonds is 5. The number of nitrogens with zero attached hydrogens (tertiary/aromatic N) is 2. The Kier molecular flexibility index (Phi) is 6.76. The molecule has 0 unspecified atom stereocenters. The lowest BCUT2D eigenvalue weighted by Gasteiger charge is -2.27. The number of hydrogen-bond acceptors (Lipinski definition) is 2. The topological polar surface area (TPSA) is 8.17 Å². The molecule has 2 nitrogen and oxygen atoms in total. The molecule has 11 rings (SSSR count). The van der Waals surface area contributed by atoms with Crippen molar-refractivity contribution in [2.75, 3.05) is 4.90 Å². The van der Waals surface area contributed by atoms with Crippen LogP contribution >= 0.6 is 11.3 Å². The lowest BCUT2D eigenvalue weighted by molar-refractivity contribution is 1.19. The van der Waals surface area contributed by atoms with Gasteiger partial charge in [-0.25, -0.2) is 0 Å². The summed E-state index contributed by atoms with van der Waals surface area (Å²) in [6, 6.07) is 70.7. The maximum Gasteiger partial charge on any atom is 0.0726 e. The molecule has 0 aliphatic rings. The Hall–Kier alpha value is -6.68. The summed E-state index contributed by atoms with van der Waals surface area (Å²) in [6.07, 6.45) is 0. The highest BCUT2D eigenvalue weighted by molar-refractivity contribution is 7.27. The number of aromatic nitrogens is 1. The van der Waals surface area contributed by atoms with Gasteiger partial charge in [-0.3, -0.25) is 0 Å². The van der Waals surface area contributed by atoms with Gasteiger partial charge >= 0.3 is 0 Å². The van der Waals surface area contributed by atoms with Crippen molar-refractivity contribution in [2.24, 2.45) is 0 Å². The molecule has 0 N–H and O–H groups in total. The third-order valence-corrected chi connectivity index (χ3v) is 11.9. The average Bonchev–Trinajstić information content (AvgIpc) is 3.79. The van der Waals surface area contributed by atoms with Gasteiger partial charge in [0.25, 0.3) is 0 Å². The number of para-hydroxylation sites is 1. The first kappa shape index (κ1) is 30.0. The molecule has 2 heterocycles. The molecule has 0 atom stereocenters. The van der Waals surface area contributed by atoms with Gasteiger partial charge in [0.15, 0.2) is 0 Å². The largest absolute Gasteiger partial charge is 0.310 e. The fraction of sp³-hybridized carbons (Fsp3) is 0. The molecule has 0 amide bonds. The molecule has 0 spiro atoms. The van der Waals surface area contributed by atoms with E-state index in [9.17, 15) is 0 Å². The minimum absolute atomic E-state index is 1.12. The van der Waals surface area contributed by atoms with E-state index in [2.05, 4.69) is 204 Å². The van der Waals surface area contributed by atoms with E-state index in [1.165, 1.54) is 74.6 Å². The van der Waals surface area contributed by atoms with Gasteiger partial charge in [0.1, 0.15) is 0 Å². The Balaban J connectivity index is 1.26. The molecular weight excluding hydrogens is 661 g/mol. The van der Waals surface area contributed by atoms with Gasteiger partial charge in [-0.15, -0.1) is 11.3 Å². The lowest BCUT2D eigenvalue weighted by Crippen LogP contribution is -2.10. The van der Waals surface area contributed by atoms with Crippen LogP contribution in [0.25, 0.3) is 80.3 Å². The second-order valence-corrected chi connectivity index (χ2v) is 14.7. The summed E-state index contributed by atoms with van der Waals surface area (Å²) in [4.78, 5) is 2.42. The first-order valence-corrected chi connectivity index (χ1v) is 18.9. The fourth-order valence-electron chi connectivity index (χ4n) is 8.41. The second kappa shape index (κ2) is 11.9. The van der Waals surface area contributed by atoms with Crippen molar-refractivity contribution in [3.63, 3.8) is 0 Å². The quantitative estimate of drug-likeness (QED) is 0.174. The van der Waals surface area contributed by atoms with Crippen molar-refractivity contribution >= 4 is 91.9 Å². The van der Waals surface area contributed by atoms with E-state index in [1.54, 1.807) is 0 Å². The Morgan fingerprint density at radius 1 is 0.415 bits per heavy atom. The van der Waals surface area contributed by atoms with Crippen LogP contribution in [-0.2, 0) is 0 Å². The molecule has 53 heavy (non-hydrogen) atoms. The first-order valence-electron chi connectivity index (χ1n) is 18.1. The summed E-state index contributed by atoms with van der Waals surface area (Å²) in [6.45, 7) is 0. The number of anilines is 3. The smallest absolute Gasteiger partial charge is 0.0726 e. The molecule has 0 saturated carbocycles. The van der Waals surface area contributed by atoms with E-state index in [-0.39, 0.29) is 0 Å². The molecule has 9 aromatic carbocycles. The van der Waals surface area contributed by atoms with Crippen LogP contribution in [0, 0.1) is 0 Å². The van der Waals surface area contributed by atoms with Crippen LogP contribution in [0.4, 0.5) is 17.1 Å². The predicted molar refractivity (Wildman–Crippen MR) is 229 cm³/mol. The van der Waals surface area contributed by atoms with E-state index >= 15 is 0 Å². The van der Waals surface area contributed by atoms with Crippen LogP contribution in [-0.4, -0.2) is 4.57 Å². The minimum Gasteiger partial charge on any atom is -0.310 e. The van der Waals surface area contributed by atoms with Crippen molar-refractivity contribution in [1.29, 1.82) is 0 Å². The van der Waals surface area contributed by atoms with Gasteiger partial charge in [0.2, 0.25) is 0 Å². The monoisotopic (exact) mass is 692 g/mol. The Bertz CT molecular complexity index is 3150. The molecule has 2 aromatic heterocycles. The number of fused-ring (bicyclic) bond motifs is 11. The van der Waals surface area contributed by atoms with E-state index in [0.29, 0.717) is 0 Å². The Morgan fingerprint density at radius 2 is 1.04 bits per heavy atom. The Morgan fingerprint density at radius 3 is 1.83 bits per heavy atom. The predicted octanol–water partition coefficient (Wildman–Crippen LogP) is 14.6. The van der Waals surface area contributed by atoms with Crippen molar-refractivity contribution in [3.05, 3.63) is 194 Å². The molecule has 0 fully saturated rings. The fourth-order valence-corrected chi connectivity index (χ4v) is 9.67. The van der Waals surface area contributed by atoms with Crippen LogP contribution in [0.1, 0.15) is 0 Å². The average molecular weight is 693 g/mol. The van der Waals surface area contributed by atoms with Crippen LogP contribution in [0.2, 0.25) is 0 Å². The van der Waals surface area contributed by atoms with E-state index in [0.717, 1.165) is 22.7 Å². The van der Waals surface area contributed by atoms with E-state index in [4.69, 9.17) is 0 Å². The molecule has 0 bridgehead atoms. The second-order valence-electron chi connectivity index (χ2n) is 13.7. The molecule has 248 valence electrons. The van der Waals surface area contributed by atoms with Gasteiger partial charge < -0.3 is 9.47 Å². The summed E-state index contributed by atoms with van der Waals surface area (Å²) in [5.41, 5.74) is 9.44. The normalized spacial score (nSPS) is 11.8. The Labute approximate surface area is 311 Å². The van der Waals surface area contributed by atoms with E-state index < -0.39 is 0 Å². The summed E-state index contributed by atoms with van der Waals surface area (Å²) >= 11 is 1.90. The zero-order chi connectivity index (χ0) is 34.9. The minimum atomic E-state index is 1.12. The van der Waals surface area contributed by atoms with Crippen molar-refractivity contribution in [3.8, 4) is 16.8 Å². The zero-order valence-corrected chi connectivity index (χ0v) is 29.6. The maximum absolute atomic E-state index is 2.51. The van der Waals surface area contributed by atoms with Crippen LogP contribution < -0.4 is 4.90 Å². The number of hydrogen-bond donors (Lipinski definition) is 0. The van der Waals surface area contributed by atoms with E-state index in [1.807, 2.05) is 11.3 Å². The highest BCUT2D eigenvalue weighted by Crippen LogP contribution is 2.49. The summed E-state index contributed by atoms with van der Waals surface area (Å²) < 4.78 is 5.14. The van der Waals surface area contributed by atoms with Crippen LogP contribution in [0.5, 0.6) is 0 Å². The number of thiophene rings is 1. The third kappa shape index (κ3) is 4.64. The van der Waals surface area contributed by atoms with Crippen LogP contribution in [0.15, 0.2) is 194 Å². The molecular formula is C50H32N2S. The first-order chi connectivity index (χ1) is 26.3.